The maximum Gasteiger partial charge on any atom is 0.269 e. The van der Waals surface area contributed by atoms with Crippen LogP contribution in [0, 0.1) is 11.6 Å². The summed E-state index contributed by atoms with van der Waals surface area (Å²) in [5.74, 6) is -1.72. The molecule has 1 N–H and O–H groups in total. The van der Waals surface area contributed by atoms with E-state index in [-0.39, 0.29) is 18.0 Å². The summed E-state index contributed by atoms with van der Waals surface area (Å²) in [5.41, 5.74) is 2.15. The first kappa shape index (κ1) is 15.9. The van der Waals surface area contributed by atoms with E-state index in [1.54, 1.807) is 13.1 Å². The fourth-order valence-corrected chi connectivity index (χ4v) is 2.36. The van der Waals surface area contributed by atoms with Gasteiger partial charge in [-0.2, -0.15) is 5.10 Å². The molecule has 0 spiro atoms. The Labute approximate surface area is 137 Å². The number of halogens is 2. The van der Waals surface area contributed by atoms with Crippen molar-refractivity contribution < 1.29 is 13.6 Å². The second-order valence-corrected chi connectivity index (χ2v) is 5.32. The van der Waals surface area contributed by atoms with Gasteiger partial charge in [0.2, 0.25) is 0 Å². The van der Waals surface area contributed by atoms with Gasteiger partial charge in [0, 0.05) is 30.8 Å². The lowest BCUT2D eigenvalue weighted by Crippen LogP contribution is -2.25. The molecule has 0 unspecified atom stereocenters. The van der Waals surface area contributed by atoms with Crippen molar-refractivity contribution in [2.75, 3.05) is 0 Å². The molecule has 2 aromatic carbocycles. The Balaban J connectivity index is 1.75. The Morgan fingerprint density at radius 1 is 1.12 bits per heavy atom. The summed E-state index contributed by atoms with van der Waals surface area (Å²) in [4.78, 5) is 12.3. The molecule has 0 aliphatic carbocycles. The van der Waals surface area contributed by atoms with Crippen LogP contribution in [0.15, 0.2) is 54.6 Å². The first-order chi connectivity index (χ1) is 11.5. The fourth-order valence-electron chi connectivity index (χ4n) is 2.36. The van der Waals surface area contributed by atoms with E-state index in [0.717, 1.165) is 17.7 Å². The number of rotatable bonds is 4. The maximum absolute atomic E-state index is 13.6. The molecule has 4 nitrogen and oxygen atoms in total. The first-order valence-corrected chi connectivity index (χ1v) is 7.36. The first-order valence-electron chi connectivity index (χ1n) is 7.36. The largest absolute Gasteiger partial charge is 0.347 e. The van der Waals surface area contributed by atoms with Crippen LogP contribution in [0.2, 0.25) is 0 Å². The van der Waals surface area contributed by atoms with Crippen LogP contribution >= 0.6 is 0 Å². The zero-order valence-corrected chi connectivity index (χ0v) is 13.0. The highest BCUT2D eigenvalue weighted by Crippen LogP contribution is 2.18. The van der Waals surface area contributed by atoms with Gasteiger partial charge in [-0.1, -0.05) is 36.4 Å². The molecule has 0 atom stereocenters. The smallest absolute Gasteiger partial charge is 0.269 e. The summed E-state index contributed by atoms with van der Waals surface area (Å²) in [7, 11) is 1.67. The predicted octanol–water partition coefficient (Wildman–Crippen LogP) is 3.30. The van der Waals surface area contributed by atoms with Crippen molar-refractivity contribution >= 4 is 5.91 Å². The molecule has 0 aliphatic rings. The topological polar surface area (TPSA) is 46.9 Å². The molecule has 0 bridgehead atoms. The lowest BCUT2D eigenvalue weighted by Gasteiger charge is -2.06. The quantitative estimate of drug-likeness (QED) is 0.799. The maximum atomic E-state index is 13.6. The molecule has 0 saturated heterocycles. The Hall–Kier alpha value is -3.02. The van der Waals surface area contributed by atoms with Gasteiger partial charge in [0.1, 0.15) is 17.3 Å². The van der Waals surface area contributed by atoms with E-state index in [1.807, 2.05) is 30.3 Å². The second kappa shape index (κ2) is 6.62. The third kappa shape index (κ3) is 3.32. The van der Waals surface area contributed by atoms with Crippen LogP contribution < -0.4 is 5.32 Å². The Kier molecular flexibility index (Phi) is 4.37. The van der Waals surface area contributed by atoms with Gasteiger partial charge < -0.3 is 5.32 Å². The van der Waals surface area contributed by atoms with Gasteiger partial charge in [0.25, 0.3) is 5.91 Å². The number of carbonyl (C=O) groups is 1. The van der Waals surface area contributed by atoms with Crippen molar-refractivity contribution in [3.05, 3.63) is 77.5 Å². The van der Waals surface area contributed by atoms with E-state index in [4.69, 9.17) is 0 Å². The fraction of sp³-hybridized carbons (Fsp3) is 0.111. The zero-order valence-electron chi connectivity index (χ0n) is 13.0. The molecular formula is C18H15F2N3O. The van der Waals surface area contributed by atoms with E-state index in [0.29, 0.717) is 11.4 Å². The van der Waals surface area contributed by atoms with Crippen LogP contribution in [0.25, 0.3) is 11.3 Å². The summed E-state index contributed by atoms with van der Waals surface area (Å²) in [6.07, 6.45) is 0. The summed E-state index contributed by atoms with van der Waals surface area (Å²) in [6, 6.07) is 14.4. The van der Waals surface area contributed by atoms with Crippen molar-refractivity contribution in [1.29, 1.82) is 0 Å². The van der Waals surface area contributed by atoms with Crippen LogP contribution in [0.3, 0.4) is 0 Å². The average molecular weight is 327 g/mol. The third-order valence-corrected chi connectivity index (χ3v) is 3.64. The number of hydrogen-bond acceptors (Lipinski definition) is 2. The summed E-state index contributed by atoms with van der Waals surface area (Å²) >= 11 is 0. The minimum Gasteiger partial charge on any atom is -0.347 e. The molecule has 1 aromatic heterocycles. The van der Waals surface area contributed by atoms with Crippen LogP contribution in [0.1, 0.15) is 16.1 Å². The molecule has 1 heterocycles. The standard InChI is InChI=1S/C18H15F2N3O/c1-23-17(10-16(22-23)12-5-3-2-4-6-12)18(24)21-11-13-7-8-14(19)9-15(13)20/h2-10H,11H2,1H3,(H,21,24). The number of carbonyl (C=O) groups excluding carboxylic acids is 1. The number of aryl methyl sites for hydroxylation is 1. The summed E-state index contributed by atoms with van der Waals surface area (Å²) < 4.78 is 28.0. The molecule has 0 saturated carbocycles. The highest BCUT2D eigenvalue weighted by Gasteiger charge is 2.14. The second-order valence-electron chi connectivity index (χ2n) is 5.32. The number of amides is 1. The lowest BCUT2D eigenvalue weighted by molar-refractivity contribution is 0.0941. The Bertz CT molecular complexity index is 875. The Morgan fingerprint density at radius 2 is 1.88 bits per heavy atom. The van der Waals surface area contributed by atoms with Gasteiger partial charge in [0.05, 0.1) is 5.69 Å². The number of aromatic nitrogens is 2. The van der Waals surface area contributed by atoms with Crippen LogP contribution in [-0.4, -0.2) is 15.7 Å². The van der Waals surface area contributed by atoms with Crippen molar-refractivity contribution in [1.82, 2.24) is 15.1 Å². The number of benzene rings is 2. The van der Waals surface area contributed by atoms with E-state index in [2.05, 4.69) is 10.4 Å². The average Bonchev–Trinajstić information content (AvgIpc) is 2.96. The minimum absolute atomic E-state index is 0.0310. The van der Waals surface area contributed by atoms with E-state index in [9.17, 15) is 13.6 Å². The molecule has 0 fully saturated rings. The molecule has 1 amide bonds. The Morgan fingerprint density at radius 3 is 2.58 bits per heavy atom. The SMILES string of the molecule is Cn1nc(-c2ccccc2)cc1C(=O)NCc1ccc(F)cc1F. The van der Waals surface area contributed by atoms with Crippen molar-refractivity contribution in [2.24, 2.45) is 7.05 Å². The molecule has 6 heteroatoms. The zero-order chi connectivity index (χ0) is 17.1. The highest BCUT2D eigenvalue weighted by molar-refractivity contribution is 5.93. The highest BCUT2D eigenvalue weighted by atomic mass is 19.1. The van der Waals surface area contributed by atoms with E-state index >= 15 is 0 Å². The van der Waals surface area contributed by atoms with Crippen molar-refractivity contribution in [3.8, 4) is 11.3 Å². The van der Waals surface area contributed by atoms with Gasteiger partial charge in [-0.3, -0.25) is 9.48 Å². The number of hydrogen-bond donors (Lipinski definition) is 1. The van der Waals surface area contributed by atoms with Gasteiger partial charge in [-0.05, 0) is 12.1 Å². The van der Waals surface area contributed by atoms with Crippen LogP contribution in [-0.2, 0) is 13.6 Å². The van der Waals surface area contributed by atoms with Gasteiger partial charge >= 0.3 is 0 Å². The van der Waals surface area contributed by atoms with Gasteiger partial charge in [0.15, 0.2) is 0 Å². The van der Waals surface area contributed by atoms with E-state index in [1.165, 1.54) is 10.7 Å². The van der Waals surface area contributed by atoms with Gasteiger partial charge in [-0.25, -0.2) is 8.78 Å². The molecule has 122 valence electrons. The summed E-state index contributed by atoms with van der Waals surface area (Å²) in [5, 5.41) is 6.94. The van der Waals surface area contributed by atoms with Gasteiger partial charge in [-0.15, -0.1) is 0 Å². The molecule has 0 radical (unpaired) electrons. The molecule has 0 aliphatic heterocycles. The third-order valence-electron chi connectivity index (χ3n) is 3.64. The van der Waals surface area contributed by atoms with Crippen molar-refractivity contribution in [3.63, 3.8) is 0 Å². The van der Waals surface area contributed by atoms with Crippen molar-refractivity contribution in [2.45, 2.75) is 6.54 Å². The molecule has 3 rings (SSSR count). The van der Waals surface area contributed by atoms with Crippen LogP contribution in [0.5, 0.6) is 0 Å². The molecular weight excluding hydrogens is 312 g/mol. The minimum atomic E-state index is -0.690. The van der Waals surface area contributed by atoms with E-state index < -0.39 is 11.6 Å². The molecule has 24 heavy (non-hydrogen) atoms. The predicted molar refractivity (Wildman–Crippen MR) is 86.2 cm³/mol. The summed E-state index contributed by atoms with van der Waals surface area (Å²) in [6.45, 7) is -0.0310. The normalized spacial score (nSPS) is 10.6. The molecule has 3 aromatic rings. The number of nitrogens with one attached hydrogen (secondary N) is 1. The lowest BCUT2D eigenvalue weighted by atomic mass is 10.1. The monoisotopic (exact) mass is 327 g/mol. The van der Waals surface area contributed by atoms with Crippen LogP contribution in [0.4, 0.5) is 8.78 Å². The number of nitrogens with zero attached hydrogens (tertiary/aromatic N) is 2.